The molecule has 0 radical (unpaired) electrons. The van der Waals surface area contributed by atoms with Gasteiger partial charge in [0, 0.05) is 16.1 Å². The highest BCUT2D eigenvalue weighted by Crippen LogP contribution is 2.27. The van der Waals surface area contributed by atoms with Gasteiger partial charge in [0.05, 0.1) is 0 Å². The van der Waals surface area contributed by atoms with Crippen molar-refractivity contribution >= 4 is 27.3 Å². The third kappa shape index (κ3) is 3.61. The first-order valence-corrected chi connectivity index (χ1v) is 7.74. The zero-order valence-corrected chi connectivity index (χ0v) is 12.8. The predicted octanol–water partition coefficient (Wildman–Crippen LogP) is 4.68. The molecule has 1 aromatic carbocycles. The molecular weight excluding hydrogens is 332 g/mol. The Morgan fingerprint density at radius 2 is 2.00 bits per heavy atom. The molecule has 1 aromatic heterocycles. The molecule has 0 saturated carbocycles. The van der Waals surface area contributed by atoms with Gasteiger partial charge in [-0.15, -0.1) is 0 Å². The van der Waals surface area contributed by atoms with Gasteiger partial charge in [0.1, 0.15) is 11.6 Å². The van der Waals surface area contributed by atoms with Crippen molar-refractivity contribution in [2.45, 2.75) is 19.4 Å². The molecule has 1 unspecified atom stereocenters. The van der Waals surface area contributed by atoms with E-state index in [0.717, 1.165) is 5.56 Å². The van der Waals surface area contributed by atoms with Gasteiger partial charge in [0.2, 0.25) is 0 Å². The molecule has 1 heterocycles. The molecule has 19 heavy (non-hydrogen) atoms. The highest BCUT2D eigenvalue weighted by Gasteiger charge is 2.20. The Kier molecular flexibility index (Phi) is 5.07. The molecule has 0 spiro atoms. The molecule has 0 fully saturated rings. The van der Waals surface area contributed by atoms with E-state index in [1.54, 1.807) is 11.3 Å². The van der Waals surface area contributed by atoms with E-state index in [1.165, 1.54) is 12.1 Å². The van der Waals surface area contributed by atoms with Crippen LogP contribution in [0.1, 0.15) is 24.1 Å². The van der Waals surface area contributed by atoms with Crippen LogP contribution in [0.2, 0.25) is 0 Å². The lowest BCUT2D eigenvalue weighted by Crippen LogP contribution is -2.25. The Bertz CT molecular complexity index is 519. The van der Waals surface area contributed by atoms with Crippen LogP contribution in [0.4, 0.5) is 8.78 Å². The molecule has 2 rings (SSSR count). The minimum atomic E-state index is -0.520. The molecule has 102 valence electrons. The number of hydrogen-bond acceptors (Lipinski definition) is 2. The zero-order valence-electron chi connectivity index (χ0n) is 10.4. The largest absolute Gasteiger partial charge is 0.310 e. The molecule has 0 aliphatic carbocycles. The van der Waals surface area contributed by atoms with E-state index in [0.29, 0.717) is 17.4 Å². The van der Waals surface area contributed by atoms with Crippen molar-refractivity contribution in [3.8, 4) is 0 Å². The Morgan fingerprint density at radius 3 is 2.53 bits per heavy atom. The molecule has 0 aliphatic rings. The SMILES string of the molecule is CCNC(Cc1ccsc1)c1c(F)cc(Br)cc1F. The van der Waals surface area contributed by atoms with E-state index >= 15 is 0 Å². The number of nitrogens with one attached hydrogen (secondary N) is 1. The second-order valence-corrected chi connectivity index (χ2v) is 5.92. The van der Waals surface area contributed by atoms with Crippen LogP contribution in [0.3, 0.4) is 0 Å². The minimum absolute atomic E-state index is 0.108. The van der Waals surface area contributed by atoms with E-state index in [1.807, 2.05) is 23.8 Å². The summed E-state index contributed by atoms with van der Waals surface area (Å²) in [4.78, 5) is 0. The lowest BCUT2D eigenvalue weighted by atomic mass is 9.99. The molecule has 0 saturated heterocycles. The Labute approximate surface area is 123 Å². The van der Waals surface area contributed by atoms with Gasteiger partial charge in [-0.05, 0) is 47.5 Å². The average Bonchev–Trinajstić information content (AvgIpc) is 2.80. The fourth-order valence-electron chi connectivity index (χ4n) is 2.05. The maximum absolute atomic E-state index is 14.0. The van der Waals surface area contributed by atoms with Gasteiger partial charge in [-0.3, -0.25) is 0 Å². The van der Waals surface area contributed by atoms with Crippen LogP contribution in [0.25, 0.3) is 0 Å². The fraction of sp³-hybridized carbons (Fsp3) is 0.286. The lowest BCUT2D eigenvalue weighted by molar-refractivity contribution is 0.472. The Balaban J connectivity index is 2.33. The van der Waals surface area contributed by atoms with Gasteiger partial charge in [-0.2, -0.15) is 11.3 Å². The van der Waals surface area contributed by atoms with Crippen molar-refractivity contribution in [3.05, 3.63) is 56.2 Å². The fourth-order valence-corrected chi connectivity index (χ4v) is 3.14. The summed E-state index contributed by atoms with van der Waals surface area (Å²) >= 11 is 4.68. The first-order valence-electron chi connectivity index (χ1n) is 6.00. The summed E-state index contributed by atoms with van der Waals surface area (Å²) < 4.78 is 28.4. The lowest BCUT2D eigenvalue weighted by Gasteiger charge is -2.19. The van der Waals surface area contributed by atoms with E-state index in [9.17, 15) is 8.78 Å². The van der Waals surface area contributed by atoms with Crippen LogP contribution in [0.15, 0.2) is 33.4 Å². The molecule has 1 nitrogen and oxygen atoms in total. The summed E-state index contributed by atoms with van der Waals surface area (Å²) in [5, 5.41) is 7.11. The standard InChI is InChI=1S/C14H14BrF2NS/c1-2-18-13(5-9-3-4-19-8-9)14-11(16)6-10(15)7-12(14)17/h3-4,6-8,13,18H,2,5H2,1H3. The second-order valence-electron chi connectivity index (χ2n) is 4.23. The number of thiophene rings is 1. The number of likely N-dealkylation sites (N-methyl/N-ethyl adjacent to an activating group) is 1. The van der Waals surface area contributed by atoms with Gasteiger partial charge in [-0.1, -0.05) is 22.9 Å². The summed E-state index contributed by atoms with van der Waals surface area (Å²) in [6.07, 6.45) is 0.576. The van der Waals surface area contributed by atoms with Crippen LogP contribution in [-0.4, -0.2) is 6.54 Å². The maximum Gasteiger partial charge on any atom is 0.132 e. The number of halogens is 3. The summed E-state index contributed by atoms with van der Waals surface area (Å²) in [6.45, 7) is 2.58. The number of hydrogen-bond donors (Lipinski definition) is 1. The maximum atomic E-state index is 14.0. The van der Waals surface area contributed by atoms with Crippen molar-refractivity contribution < 1.29 is 8.78 Å². The van der Waals surface area contributed by atoms with Crippen molar-refractivity contribution in [1.82, 2.24) is 5.32 Å². The van der Waals surface area contributed by atoms with Crippen LogP contribution < -0.4 is 5.32 Å². The minimum Gasteiger partial charge on any atom is -0.310 e. The summed E-state index contributed by atoms with van der Waals surface area (Å²) in [7, 11) is 0. The van der Waals surface area contributed by atoms with E-state index in [-0.39, 0.29) is 11.6 Å². The topological polar surface area (TPSA) is 12.0 Å². The van der Waals surface area contributed by atoms with Gasteiger partial charge in [0.25, 0.3) is 0 Å². The predicted molar refractivity (Wildman–Crippen MR) is 78.5 cm³/mol. The van der Waals surface area contributed by atoms with Gasteiger partial charge >= 0.3 is 0 Å². The third-order valence-corrected chi connectivity index (χ3v) is 4.05. The molecule has 0 amide bonds. The first-order chi connectivity index (χ1) is 9.11. The zero-order chi connectivity index (χ0) is 13.8. The van der Waals surface area contributed by atoms with Crippen molar-refractivity contribution in [2.75, 3.05) is 6.54 Å². The molecular formula is C14H14BrF2NS. The van der Waals surface area contributed by atoms with Gasteiger partial charge in [0.15, 0.2) is 0 Å². The quantitative estimate of drug-likeness (QED) is 0.829. The number of rotatable bonds is 5. The van der Waals surface area contributed by atoms with Crippen LogP contribution >= 0.6 is 27.3 Å². The van der Waals surface area contributed by atoms with E-state index in [4.69, 9.17) is 0 Å². The molecule has 0 bridgehead atoms. The molecule has 5 heteroatoms. The average molecular weight is 346 g/mol. The number of benzene rings is 1. The first kappa shape index (κ1) is 14.6. The summed E-state index contributed by atoms with van der Waals surface area (Å²) in [6, 6.07) is 4.23. The van der Waals surface area contributed by atoms with Gasteiger partial charge < -0.3 is 5.32 Å². The summed E-state index contributed by atoms with van der Waals surface area (Å²) in [5.41, 5.74) is 1.19. The third-order valence-electron chi connectivity index (χ3n) is 2.86. The molecule has 1 atom stereocenters. The second kappa shape index (κ2) is 6.59. The Morgan fingerprint density at radius 1 is 1.32 bits per heavy atom. The van der Waals surface area contributed by atoms with Crippen molar-refractivity contribution in [3.63, 3.8) is 0 Å². The van der Waals surface area contributed by atoms with E-state index in [2.05, 4.69) is 21.2 Å². The molecule has 1 N–H and O–H groups in total. The van der Waals surface area contributed by atoms with Crippen molar-refractivity contribution in [2.24, 2.45) is 0 Å². The normalized spacial score (nSPS) is 12.6. The summed E-state index contributed by atoms with van der Waals surface area (Å²) in [5.74, 6) is -1.04. The highest BCUT2D eigenvalue weighted by molar-refractivity contribution is 9.10. The smallest absolute Gasteiger partial charge is 0.132 e. The van der Waals surface area contributed by atoms with Crippen molar-refractivity contribution in [1.29, 1.82) is 0 Å². The Hall–Kier alpha value is -0.780. The molecule has 2 aromatic rings. The van der Waals surface area contributed by atoms with Crippen LogP contribution in [-0.2, 0) is 6.42 Å². The van der Waals surface area contributed by atoms with Crippen LogP contribution in [0, 0.1) is 11.6 Å². The van der Waals surface area contributed by atoms with Gasteiger partial charge in [-0.25, -0.2) is 8.78 Å². The highest BCUT2D eigenvalue weighted by atomic mass is 79.9. The van der Waals surface area contributed by atoms with Crippen LogP contribution in [0.5, 0.6) is 0 Å². The molecule has 0 aliphatic heterocycles. The van der Waals surface area contributed by atoms with E-state index < -0.39 is 11.6 Å². The monoisotopic (exact) mass is 345 g/mol.